The molecule has 3 fully saturated rings. The molecule has 3 aliphatic rings. The van der Waals surface area contributed by atoms with Crippen molar-refractivity contribution in [1.29, 1.82) is 0 Å². The Morgan fingerprint density at radius 2 is 1.33 bits per heavy atom. The van der Waals surface area contributed by atoms with E-state index in [1.54, 1.807) is 32.0 Å². The zero-order valence-corrected chi connectivity index (χ0v) is 29.3. The minimum Gasteiger partial charge on any atom is -0.465 e. The predicted octanol–water partition coefficient (Wildman–Crippen LogP) is 2.51. The van der Waals surface area contributed by atoms with Crippen LogP contribution in [0, 0.1) is 11.3 Å². The van der Waals surface area contributed by atoms with E-state index >= 15 is 0 Å². The van der Waals surface area contributed by atoms with Gasteiger partial charge < -0.3 is 38.3 Å². The fraction of sp³-hybridized carbons (Fsp3) is 0.528. The van der Waals surface area contributed by atoms with Gasteiger partial charge in [-0.25, -0.2) is 9.59 Å². The van der Waals surface area contributed by atoms with Gasteiger partial charge in [0.2, 0.25) is 0 Å². The monoisotopic (exact) mass is 711 g/mol. The summed E-state index contributed by atoms with van der Waals surface area (Å²) in [6, 6.07) is 10.7. The van der Waals surface area contributed by atoms with E-state index in [4.69, 9.17) is 33.2 Å². The van der Waals surface area contributed by atoms with E-state index in [1.165, 1.54) is 43.6 Å². The number of hydrogen-bond donors (Lipinski definition) is 1. The van der Waals surface area contributed by atoms with E-state index in [0.29, 0.717) is 0 Å². The van der Waals surface area contributed by atoms with Crippen LogP contribution in [0.4, 0.5) is 0 Å². The van der Waals surface area contributed by atoms with Gasteiger partial charge in [0, 0.05) is 46.5 Å². The number of carbonyl (C=O) groups excluding carboxylic acids is 6. The number of rotatable bonds is 9. The summed E-state index contributed by atoms with van der Waals surface area (Å²) in [6.45, 7) is 8.07. The number of ether oxygens (including phenoxy) is 7. The van der Waals surface area contributed by atoms with Crippen molar-refractivity contribution in [3.8, 4) is 0 Å². The number of esters is 6. The summed E-state index contributed by atoms with van der Waals surface area (Å²) >= 11 is 0. The highest BCUT2D eigenvalue weighted by atomic mass is 16.7. The average Bonchev–Trinajstić information content (AvgIpc) is 3.24. The Bertz CT molecular complexity index is 1690. The van der Waals surface area contributed by atoms with Gasteiger partial charge in [0.25, 0.3) is 0 Å². The smallest absolute Gasteiger partial charge is 0.340 e. The molecule has 274 valence electrons. The zero-order valence-electron chi connectivity index (χ0n) is 29.3. The van der Waals surface area contributed by atoms with Crippen LogP contribution in [-0.4, -0.2) is 99.8 Å². The summed E-state index contributed by atoms with van der Waals surface area (Å²) in [5.74, 6) is -6.48. The molecule has 0 amide bonds. The van der Waals surface area contributed by atoms with E-state index < -0.39 is 107 Å². The molecule has 1 spiro atoms. The molecule has 2 aliphatic carbocycles. The quantitative estimate of drug-likeness (QED) is 0.294. The van der Waals surface area contributed by atoms with Crippen LogP contribution in [0.5, 0.6) is 0 Å². The summed E-state index contributed by atoms with van der Waals surface area (Å²) in [7, 11) is 0. The summed E-state index contributed by atoms with van der Waals surface area (Å²) in [5, 5.41) is 12.7. The molecule has 1 aliphatic heterocycles. The molecule has 9 atom stereocenters. The van der Waals surface area contributed by atoms with Gasteiger partial charge in [0.1, 0.15) is 30.3 Å². The largest absolute Gasteiger partial charge is 0.465 e. The molecular formula is C36H41NO14. The van der Waals surface area contributed by atoms with E-state index in [9.17, 15) is 33.9 Å². The summed E-state index contributed by atoms with van der Waals surface area (Å²) < 4.78 is 42.7. The van der Waals surface area contributed by atoms with Crippen molar-refractivity contribution in [2.75, 3.05) is 6.61 Å². The standard InChI is InChI=1S/C36H41NO14/c1-19(38)45-18-35-28(47-21(3)40)25(46-20(2)39)16-34(7,44)36(35)29(48-22(4)41)26(33(5,6)51-36)27(49-32(43)24-14-11-15-37-17-24)30(35)50-31(42)23-12-9-8-10-13-23/h8-15,17,25-30,44H,16,18H2,1-7H3/t25-,26-,27-,28+,29-,30-,34+,35+,36-/m1/s1. The Hall–Kier alpha value is -4.89. The highest BCUT2D eigenvalue weighted by molar-refractivity contribution is 5.90. The van der Waals surface area contributed by atoms with Crippen molar-refractivity contribution in [1.82, 2.24) is 4.98 Å². The van der Waals surface area contributed by atoms with Gasteiger partial charge in [-0.05, 0) is 45.0 Å². The van der Waals surface area contributed by atoms with Crippen LogP contribution >= 0.6 is 0 Å². The molecule has 15 nitrogen and oxygen atoms in total. The molecular weight excluding hydrogens is 670 g/mol. The van der Waals surface area contributed by atoms with Gasteiger partial charge in [-0.2, -0.15) is 0 Å². The summed E-state index contributed by atoms with van der Waals surface area (Å²) in [5.41, 5.74) is -8.18. The van der Waals surface area contributed by atoms with Gasteiger partial charge in [0.05, 0.1) is 28.2 Å². The third-order valence-electron chi connectivity index (χ3n) is 9.85. The SMILES string of the molecule is CC(=O)OC[C@]12[C@H](OC(=O)c3ccccc3)[C@H](OC(=O)c3cccnc3)[C@@H]3[C@@H](OC(C)=O)[C@@]1(OC3(C)C)[C@@](C)(O)C[C@@H](OC(C)=O)[C@@H]2OC(C)=O. The van der Waals surface area contributed by atoms with Crippen LogP contribution in [-0.2, 0) is 52.3 Å². The van der Waals surface area contributed by atoms with Crippen molar-refractivity contribution in [2.24, 2.45) is 11.3 Å². The van der Waals surface area contributed by atoms with Crippen molar-refractivity contribution in [2.45, 2.75) is 102 Å². The van der Waals surface area contributed by atoms with E-state index in [0.717, 1.165) is 27.7 Å². The Balaban J connectivity index is 1.90. The normalized spacial score (nSPS) is 33.1. The predicted molar refractivity (Wildman–Crippen MR) is 171 cm³/mol. The molecule has 0 radical (unpaired) electrons. The summed E-state index contributed by atoms with van der Waals surface area (Å²) in [6.07, 6.45) is -5.95. The molecule has 0 unspecified atom stereocenters. The number of pyridine rings is 1. The first kappa shape index (κ1) is 37.4. The van der Waals surface area contributed by atoms with Crippen LogP contribution in [0.3, 0.4) is 0 Å². The van der Waals surface area contributed by atoms with Gasteiger partial charge in [-0.15, -0.1) is 0 Å². The number of benzene rings is 1. The molecule has 2 heterocycles. The molecule has 2 bridgehead atoms. The molecule has 15 heteroatoms. The van der Waals surface area contributed by atoms with Crippen LogP contribution < -0.4 is 0 Å². The first-order valence-electron chi connectivity index (χ1n) is 16.3. The first-order chi connectivity index (χ1) is 23.9. The van der Waals surface area contributed by atoms with Crippen LogP contribution in [0.1, 0.15) is 75.6 Å². The molecule has 1 N–H and O–H groups in total. The minimum absolute atomic E-state index is 0.00207. The Morgan fingerprint density at radius 3 is 1.90 bits per heavy atom. The van der Waals surface area contributed by atoms with Crippen LogP contribution in [0.25, 0.3) is 0 Å². The third kappa shape index (κ3) is 6.44. The topological polar surface area (TPSA) is 200 Å². The van der Waals surface area contributed by atoms with Gasteiger partial charge in [0.15, 0.2) is 17.8 Å². The number of hydrogen-bond acceptors (Lipinski definition) is 15. The maximum atomic E-state index is 14.1. The lowest BCUT2D eigenvalue weighted by molar-refractivity contribution is -0.362. The fourth-order valence-electron chi connectivity index (χ4n) is 8.30. The van der Waals surface area contributed by atoms with Gasteiger partial charge in [-0.3, -0.25) is 24.2 Å². The maximum Gasteiger partial charge on any atom is 0.340 e. The van der Waals surface area contributed by atoms with Crippen molar-refractivity contribution >= 4 is 35.8 Å². The first-order valence-corrected chi connectivity index (χ1v) is 16.3. The number of aliphatic hydroxyl groups is 1. The fourth-order valence-corrected chi connectivity index (χ4v) is 8.30. The molecule has 2 aromatic rings. The maximum absolute atomic E-state index is 14.1. The highest BCUT2D eigenvalue weighted by Crippen LogP contribution is 2.69. The van der Waals surface area contributed by atoms with Gasteiger partial charge in [-0.1, -0.05) is 18.2 Å². The second-order valence-corrected chi connectivity index (χ2v) is 13.8. The molecule has 51 heavy (non-hydrogen) atoms. The van der Waals surface area contributed by atoms with E-state index in [2.05, 4.69) is 4.98 Å². The lowest BCUT2D eigenvalue weighted by Crippen LogP contribution is -2.85. The van der Waals surface area contributed by atoms with Crippen LogP contribution in [0.15, 0.2) is 54.9 Å². The van der Waals surface area contributed by atoms with E-state index in [1.807, 2.05) is 0 Å². The lowest BCUT2D eigenvalue weighted by atomic mass is 9.45. The highest BCUT2D eigenvalue weighted by Gasteiger charge is 2.89. The molecule has 1 saturated heterocycles. The van der Waals surface area contributed by atoms with Crippen LogP contribution in [0.2, 0.25) is 0 Å². The Labute approximate surface area is 293 Å². The Morgan fingerprint density at radius 1 is 0.745 bits per heavy atom. The lowest BCUT2D eigenvalue weighted by Gasteiger charge is -2.66. The molecule has 5 rings (SSSR count). The number of fused-ring (bicyclic) bond motifs is 1. The third-order valence-corrected chi connectivity index (χ3v) is 9.85. The van der Waals surface area contributed by atoms with Crippen molar-refractivity contribution in [3.63, 3.8) is 0 Å². The van der Waals surface area contributed by atoms with E-state index in [-0.39, 0.29) is 11.1 Å². The minimum atomic E-state index is -2.32. The summed E-state index contributed by atoms with van der Waals surface area (Å²) in [4.78, 5) is 83.2. The average molecular weight is 712 g/mol. The second kappa shape index (κ2) is 13.7. The Kier molecular flexibility index (Phi) is 10.0. The molecule has 1 aromatic heterocycles. The number of aromatic nitrogens is 1. The number of carbonyl (C=O) groups is 6. The number of nitrogens with zero attached hydrogens (tertiary/aromatic N) is 1. The zero-order chi connectivity index (χ0) is 37.5. The van der Waals surface area contributed by atoms with Crippen molar-refractivity contribution in [3.05, 3.63) is 66.0 Å². The van der Waals surface area contributed by atoms with Gasteiger partial charge >= 0.3 is 35.8 Å². The molecule has 1 aromatic carbocycles. The van der Waals surface area contributed by atoms with Crippen molar-refractivity contribution < 1.29 is 67.0 Å². The molecule has 2 saturated carbocycles. The second-order valence-electron chi connectivity index (χ2n) is 13.8.